The molecule has 1 aromatic carbocycles. The highest BCUT2D eigenvalue weighted by molar-refractivity contribution is 5.81. The van der Waals surface area contributed by atoms with Gasteiger partial charge in [0.25, 0.3) is 0 Å². The Bertz CT molecular complexity index is 560. The lowest BCUT2D eigenvalue weighted by molar-refractivity contribution is 0.248. The molecule has 6 nitrogen and oxygen atoms in total. The van der Waals surface area contributed by atoms with Gasteiger partial charge in [0.05, 0.1) is 11.0 Å². The van der Waals surface area contributed by atoms with Crippen LogP contribution in [-0.2, 0) is 6.54 Å². The summed E-state index contributed by atoms with van der Waals surface area (Å²) in [5.74, 6) is 0.445. The highest BCUT2D eigenvalue weighted by atomic mass is 16.2. The number of hydrogen-bond acceptors (Lipinski definition) is 3. The number of nitrogen functional groups attached to an aromatic ring is 1. The molecule has 90 valence electrons. The van der Waals surface area contributed by atoms with Gasteiger partial charge in [-0.2, -0.15) is 0 Å². The Hall–Kier alpha value is -2.24. The van der Waals surface area contributed by atoms with E-state index < -0.39 is 6.03 Å². The van der Waals surface area contributed by atoms with Crippen LogP contribution in [0.1, 0.15) is 5.56 Å². The van der Waals surface area contributed by atoms with Gasteiger partial charge in [0.15, 0.2) is 0 Å². The van der Waals surface area contributed by atoms with Crippen molar-refractivity contribution >= 4 is 23.0 Å². The Labute approximate surface area is 98.6 Å². The number of hydrogen-bond donors (Lipinski definition) is 3. The zero-order valence-electron chi connectivity index (χ0n) is 9.60. The maximum atomic E-state index is 10.6. The number of para-hydroxylation sites is 1. The molecular weight excluding hydrogens is 218 g/mol. The van der Waals surface area contributed by atoms with Crippen molar-refractivity contribution in [2.24, 2.45) is 5.73 Å². The molecule has 0 radical (unpaired) electrons. The minimum atomic E-state index is -0.537. The molecule has 0 spiro atoms. The van der Waals surface area contributed by atoms with E-state index in [9.17, 15) is 4.79 Å². The predicted octanol–water partition coefficient (Wildman–Crippen LogP) is 0.595. The summed E-state index contributed by atoms with van der Waals surface area (Å²) in [5.41, 5.74) is 13.8. The summed E-state index contributed by atoms with van der Waals surface area (Å²) >= 11 is 0. The second kappa shape index (κ2) is 4.32. The van der Waals surface area contributed by atoms with Crippen LogP contribution in [0, 0.1) is 6.92 Å². The predicted molar refractivity (Wildman–Crippen MR) is 66.5 cm³/mol. The molecule has 0 bridgehead atoms. The second-order valence-electron chi connectivity index (χ2n) is 3.86. The van der Waals surface area contributed by atoms with Crippen molar-refractivity contribution in [1.82, 2.24) is 14.9 Å². The fraction of sp³-hybridized carbons (Fsp3) is 0.273. The lowest BCUT2D eigenvalue weighted by Crippen LogP contribution is -2.32. The first-order valence-corrected chi connectivity index (χ1v) is 5.34. The van der Waals surface area contributed by atoms with Gasteiger partial charge in [0.2, 0.25) is 5.95 Å². The van der Waals surface area contributed by atoms with E-state index in [2.05, 4.69) is 10.3 Å². The highest BCUT2D eigenvalue weighted by Gasteiger charge is 2.09. The largest absolute Gasteiger partial charge is 0.369 e. The molecule has 0 atom stereocenters. The number of nitrogens with one attached hydrogen (secondary N) is 1. The number of nitrogens with zero attached hydrogens (tertiary/aromatic N) is 2. The third-order valence-electron chi connectivity index (χ3n) is 2.63. The number of benzene rings is 1. The Kier molecular flexibility index (Phi) is 2.86. The van der Waals surface area contributed by atoms with Crippen molar-refractivity contribution in [1.29, 1.82) is 0 Å². The van der Waals surface area contributed by atoms with Gasteiger partial charge >= 0.3 is 6.03 Å². The van der Waals surface area contributed by atoms with Crippen molar-refractivity contribution < 1.29 is 4.79 Å². The summed E-state index contributed by atoms with van der Waals surface area (Å²) in [6.45, 7) is 2.98. The van der Waals surface area contributed by atoms with Crippen LogP contribution in [0.3, 0.4) is 0 Å². The third kappa shape index (κ3) is 2.15. The minimum Gasteiger partial charge on any atom is -0.369 e. The lowest BCUT2D eigenvalue weighted by Gasteiger charge is -2.08. The highest BCUT2D eigenvalue weighted by Crippen LogP contribution is 2.20. The molecule has 17 heavy (non-hydrogen) atoms. The van der Waals surface area contributed by atoms with Gasteiger partial charge < -0.3 is 21.4 Å². The van der Waals surface area contributed by atoms with Gasteiger partial charge in [-0.25, -0.2) is 9.78 Å². The number of imidazole rings is 1. The van der Waals surface area contributed by atoms with Crippen LogP contribution in [0.2, 0.25) is 0 Å². The Balaban J connectivity index is 2.32. The first-order valence-electron chi connectivity index (χ1n) is 5.34. The molecule has 0 aliphatic rings. The van der Waals surface area contributed by atoms with E-state index in [1.165, 1.54) is 0 Å². The van der Waals surface area contributed by atoms with Gasteiger partial charge in [-0.15, -0.1) is 0 Å². The third-order valence-corrected chi connectivity index (χ3v) is 2.63. The van der Waals surface area contributed by atoms with Crippen molar-refractivity contribution in [3.63, 3.8) is 0 Å². The first kappa shape index (κ1) is 11.3. The quantitative estimate of drug-likeness (QED) is 0.723. The number of anilines is 1. The van der Waals surface area contributed by atoms with Gasteiger partial charge in [0.1, 0.15) is 0 Å². The van der Waals surface area contributed by atoms with Crippen molar-refractivity contribution in [3.05, 3.63) is 23.8 Å². The molecular formula is C11H15N5O. The molecule has 0 fully saturated rings. The van der Waals surface area contributed by atoms with Crippen LogP contribution >= 0.6 is 0 Å². The Morgan fingerprint density at radius 1 is 1.53 bits per heavy atom. The number of rotatable bonds is 3. The molecule has 2 aromatic rings. The van der Waals surface area contributed by atoms with E-state index in [0.717, 1.165) is 16.6 Å². The number of fused-ring (bicyclic) bond motifs is 1. The smallest absolute Gasteiger partial charge is 0.312 e. The average Bonchev–Trinajstić information content (AvgIpc) is 2.56. The summed E-state index contributed by atoms with van der Waals surface area (Å²) in [6.07, 6.45) is 0. The first-order chi connectivity index (χ1) is 8.09. The summed E-state index contributed by atoms with van der Waals surface area (Å²) in [7, 11) is 0. The van der Waals surface area contributed by atoms with Gasteiger partial charge in [-0.3, -0.25) is 0 Å². The van der Waals surface area contributed by atoms with Gasteiger partial charge in [-0.1, -0.05) is 12.1 Å². The number of nitrogens with two attached hydrogens (primary N) is 2. The normalized spacial score (nSPS) is 10.6. The maximum absolute atomic E-state index is 10.6. The Morgan fingerprint density at radius 2 is 2.29 bits per heavy atom. The van der Waals surface area contributed by atoms with Crippen molar-refractivity contribution in [2.75, 3.05) is 12.3 Å². The van der Waals surface area contributed by atoms with Crippen molar-refractivity contribution in [2.45, 2.75) is 13.5 Å². The fourth-order valence-corrected chi connectivity index (χ4v) is 1.90. The SMILES string of the molecule is Cc1cccc2nc(N)n(CCNC(N)=O)c12. The molecule has 1 aromatic heterocycles. The monoisotopic (exact) mass is 233 g/mol. The molecule has 0 unspecified atom stereocenters. The number of aromatic nitrogens is 2. The molecule has 6 heteroatoms. The van der Waals surface area contributed by atoms with Crippen LogP contribution in [0.25, 0.3) is 11.0 Å². The van der Waals surface area contributed by atoms with E-state index in [-0.39, 0.29) is 0 Å². The minimum absolute atomic E-state index is 0.430. The van der Waals surface area contributed by atoms with Crippen LogP contribution in [0.15, 0.2) is 18.2 Å². The lowest BCUT2D eigenvalue weighted by atomic mass is 10.2. The number of aryl methyl sites for hydroxylation is 1. The zero-order chi connectivity index (χ0) is 12.4. The Morgan fingerprint density at radius 3 is 3.00 bits per heavy atom. The fourth-order valence-electron chi connectivity index (χ4n) is 1.90. The maximum Gasteiger partial charge on any atom is 0.312 e. The van der Waals surface area contributed by atoms with E-state index in [1.54, 1.807) is 0 Å². The van der Waals surface area contributed by atoms with E-state index in [1.807, 2.05) is 29.7 Å². The zero-order valence-corrected chi connectivity index (χ0v) is 9.60. The number of urea groups is 1. The number of amides is 2. The van der Waals surface area contributed by atoms with Crippen LogP contribution in [0.4, 0.5) is 10.7 Å². The molecule has 0 saturated carbocycles. The van der Waals surface area contributed by atoms with Gasteiger partial charge in [-0.05, 0) is 18.6 Å². The standard InChI is InChI=1S/C11H15N5O/c1-7-3-2-4-8-9(7)16(10(12)15-8)6-5-14-11(13)17/h2-4H,5-6H2,1H3,(H2,12,15)(H3,13,14,17). The topological polar surface area (TPSA) is 99.0 Å². The van der Waals surface area contributed by atoms with Gasteiger partial charge in [0, 0.05) is 13.1 Å². The van der Waals surface area contributed by atoms with E-state index in [4.69, 9.17) is 11.5 Å². The molecule has 5 N–H and O–H groups in total. The van der Waals surface area contributed by atoms with Crippen molar-refractivity contribution in [3.8, 4) is 0 Å². The number of carbonyl (C=O) groups excluding carboxylic acids is 1. The van der Waals surface area contributed by atoms with E-state index in [0.29, 0.717) is 19.0 Å². The van der Waals surface area contributed by atoms with E-state index >= 15 is 0 Å². The number of primary amides is 1. The van der Waals surface area contributed by atoms with Crippen LogP contribution in [-0.4, -0.2) is 22.1 Å². The summed E-state index contributed by atoms with van der Waals surface area (Å²) in [4.78, 5) is 14.9. The summed E-state index contributed by atoms with van der Waals surface area (Å²) < 4.78 is 1.88. The second-order valence-corrected chi connectivity index (χ2v) is 3.86. The summed E-state index contributed by atoms with van der Waals surface area (Å²) in [5, 5.41) is 2.53. The summed E-state index contributed by atoms with van der Waals surface area (Å²) in [6, 6.07) is 5.32. The number of carbonyl (C=O) groups is 1. The molecule has 0 aliphatic heterocycles. The molecule has 1 heterocycles. The van der Waals surface area contributed by atoms with Crippen LogP contribution in [0.5, 0.6) is 0 Å². The van der Waals surface area contributed by atoms with Crippen LogP contribution < -0.4 is 16.8 Å². The molecule has 2 rings (SSSR count). The molecule has 0 saturated heterocycles. The molecule has 0 aliphatic carbocycles. The molecule has 2 amide bonds. The average molecular weight is 233 g/mol.